The fourth-order valence-corrected chi connectivity index (χ4v) is 5.14. The summed E-state index contributed by atoms with van der Waals surface area (Å²) in [4.78, 5) is 25.7. The summed E-state index contributed by atoms with van der Waals surface area (Å²) in [7, 11) is 0. The van der Waals surface area contributed by atoms with Gasteiger partial charge in [0.2, 0.25) is 5.91 Å². The first kappa shape index (κ1) is 17.7. The van der Waals surface area contributed by atoms with Crippen LogP contribution in [0, 0.1) is 18.8 Å². The van der Waals surface area contributed by atoms with Crippen molar-refractivity contribution in [1.29, 1.82) is 0 Å². The van der Waals surface area contributed by atoms with Gasteiger partial charge in [-0.3, -0.25) is 4.79 Å². The number of aryl methyl sites for hydroxylation is 1. The SMILES string of the molecule is Cc1ccc(NC(=O)[C@@H]2C3c4ccccc4C(c4ccccc43)[C@H]2C(=O)[O-])cc1. The summed E-state index contributed by atoms with van der Waals surface area (Å²) >= 11 is 0. The molecule has 0 unspecified atom stereocenters. The normalized spacial score (nSPS) is 23.8. The van der Waals surface area contributed by atoms with Crippen molar-refractivity contribution in [3.63, 3.8) is 0 Å². The largest absolute Gasteiger partial charge is 0.550 e. The molecule has 6 rings (SSSR count). The lowest BCUT2D eigenvalue weighted by atomic mass is 9.54. The molecular weight excluding hydrogens is 362 g/mol. The summed E-state index contributed by atoms with van der Waals surface area (Å²) in [6.07, 6.45) is 0. The molecule has 0 radical (unpaired) electrons. The van der Waals surface area contributed by atoms with Crippen LogP contribution in [-0.2, 0) is 9.59 Å². The molecule has 2 atom stereocenters. The van der Waals surface area contributed by atoms with Gasteiger partial charge in [-0.05, 0) is 41.3 Å². The Bertz CT molecular complexity index is 1070. The van der Waals surface area contributed by atoms with Crippen molar-refractivity contribution < 1.29 is 14.7 Å². The number of anilines is 1. The van der Waals surface area contributed by atoms with Gasteiger partial charge in [-0.25, -0.2) is 0 Å². The van der Waals surface area contributed by atoms with Gasteiger partial charge in [0.15, 0.2) is 0 Å². The lowest BCUT2D eigenvalue weighted by molar-refractivity contribution is -0.314. The van der Waals surface area contributed by atoms with E-state index in [2.05, 4.69) is 5.32 Å². The monoisotopic (exact) mass is 382 g/mol. The third-order valence-electron chi connectivity index (χ3n) is 6.33. The molecule has 29 heavy (non-hydrogen) atoms. The first-order valence-electron chi connectivity index (χ1n) is 9.82. The maximum Gasteiger partial charge on any atom is 0.229 e. The van der Waals surface area contributed by atoms with Crippen molar-refractivity contribution >= 4 is 17.6 Å². The van der Waals surface area contributed by atoms with Gasteiger partial charge in [0.05, 0.1) is 5.92 Å². The fourth-order valence-electron chi connectivity index (χ4n) is 5.14. The molecule has 3 aliphatic rings. The van der Waals surface area contributed by atoms with Crippen molar-refractivity contribution in [3.05, 3.63) is 101 Å². The molecule has 3 aromatic rings. The van der Waals surface area contributed by atoms with E-state index in [1.165, 1.54) is 0 Å². The van der Waals surface area contributed by atoms with E-state index >= 15 is 0 Å². The summed E-state index contributed by atoms with van der Waals surface area (Å²) in [6, 6.07) is 23.3. The Morgan fingerprint density at radius 1 is 0.724 bits per heavy atom. The summed E-state index contributed by atoms with van der Waals surface area (Å²) in [5.74, 6) is -3.77. The quantitative estimate of drug-likeness (QED) is 0.756. The van der Waals surface area contributed by atoms with Crippen LogP contribution < -0.4 is 10.4 Å². The number of carbonyl (C=O) groups is 2. The van der Waals surface area contributed by atoms with Crippen molar-refractivity contribution in [1.82, 2.24) is 0 Å². The van der Waals surface area contributed by atoms with E-state index in [-0.39, 0.29) is 17.7 Å². The van der Waals surface area contributed by atoms with Crippen LogP contribution in [-0.4, -0.2) is 11.9 Å². The molecule has 1 N–H and O–H groups in total. The van der Waals surface area contributed by atoms with E-state index in [4.69, 9.17) is 0 Å². The summed E-state index contributed by atoms with van der Waals surface area (Å²) in [5.41, 5.74) is 5.82. The molecule has 0 aromatic heterocycles. The number of rotatable bonds is 3. The number of carboxylic acid groups (broad SMARTS) is 1. The van der Waals surface area contributed by atoms with Crippen LogP contribution >= 0.6 is 0 Å². The highest BCUT2D eigenvalue weighted by Crippen LogP contribution is 2.58. The zero-order valence-electron chi connectivity index (χ0n) is 16.0. The zero-order valence-corrected chi connectivity index (χ0v) is 16.0. The highest BCUT2D eigenvalue weighted by Gasteiger charge is 2.52. The molecule has 144 valence electrons. The fraction of sp³-hybridized carbons (Fsp3) is 0.200. The Morgan fingerprint density at radius 3 is 1.62 bits per heavy atom. The first-order chi connectivity index (χ1) is 14.1. The van der Waals surface area contributed by atoms with Gasteiger partial charge < -0.3 is 15.2 Å². The summed E-state index contributed by atoms with van der Waals surface area (Å²) in [5, 5.41) is 15.2. The second-order valence-corrected chi connectivity index (χ2v) is 7.94. The van der Waals surface area contributed by atoms with Crippen LogP contribution in [0.5, 0.6) is 0 Å². The summed E-state index contributed by atoms with van der Waals surface area (Å²) < 4.78 is 0. The molecule has 0 saturated heterocycles. The molecule has 1 amide bonds. The molecule has 3 aliphatic carbocycles. The zero-order chi connectivity index (χ0) is 20.1. The number of carbonyl (C=O) groups excluding carboxylic acids is 2. The molecule has 3 aromatic carbocycles. The van der Waals surface area contributed by atoms with E-state index in [1.807, 2.05) is 79.7 Å². The second kappa shape index (κ2) is 6.59. The minimum Gasteiger partial charge on any atom is -0.550 e. The third-order valence-corrected chi connectivity index (χ3v) is 6.33. The van der Waals surface area contributed by atoms with Crippen molar-refractivity contribution in [2.75, 3.05) is 5.32 Å². The minimum atomic E-state index is -1.17. The second-order valence-electron chi connectivity index (χ2n) is 7.94. The van der Waals surface area contributed by atoms with Crippen molar-refractivity contribution in [3.8, 4) is 0 Å². The van der Waals surface area contributed by atoms with E-state index < -0.39 is 17.8 Å². The van der Waals surface area contributed by atoms with Gasteiger partial charge in [0, 0.05) is 29.4 Å². The Morgan fingerprint density at radius 2 is 1.17 bits per heavy atom. The van der Waals surface area contributed by atoms with Gasteiger partial charge in [-0.1, -0.05) is 66.2 Å². The van der Waals surface area contributed by atoms with Crippen LogP contribution in [0.15, 0.2) is 72.8 Å². The highest BCUT2D eigenvalue weighted by atomic mass is 16.4. The number of nitrogens with one attached hydrogen (secondary N) is 1. The molecule has 4 heteroatoms. The Hall–Kier alpha value is -3.40. The topological polar surface area (TPSA) is 69.2 Å². The van der Waals surface area contributed by atoms with Crippen molar-refractivity contribution in [2.24, 2.45) is 11.8 Å². The predicted octanol–water partition coefficient (Wildman–Crippen LogP) is 3.21. The van der Waals surface area contributed by atoms with E-state index in [0.29, 0.717) is 5.69 Å². The van der Waals surface area contributed by atoms with Gasteiger partial charge >= 0.3 is 0 Å². The molecule has 0 heterocycles. The van der Waals surface area contributed by atoms with Gasteiger partial charge in [-0.2, -0.15) is 0 Å². The van der Waals surface area contributed by atoms with Crippen LogP contribution in [0.25, 0.3) is 0 Å². The standard InChI is InChI=1S/C25H21NO3/c1-14-10-12-15(13-11-14)26-24(27)22-20-16-6-2-4-8-18(16)21(23(22)25(28)29)19-9-5-3-7-17(19)20/h2-13,20-23H,1H3,(H,26,27)(H,28,29)/p-1/t20?,21?,22-,23-/m1/s1. The van der Waals surface area contributed by atoms with Crippen LogP contribution in [0.3, 0.4) is 0 Å². The van der Waals surface area contributed by atoms with Gasteiger partial charge in [0.1, 0.15) is 0 Å². The maximum absolute atomic E-state index is 13.4. The van der Waals surface area contributed by atoms with Gasteiger partial charge in [0.25, 0.3) is 0 Å². The number of aliphatic carboxylic acids is 1. The number of hydrogen-bond acceptors (Lipinski definition) is 3. The molecule has 0 saturated carbocycles. The van der Waals surface area contributed by atoms with E-state index in [0.717, 1.165) is 27.8 Å². The molecule has 0 spiro atoms. The number of hydrogen-bond donors (Lipinski definition) is 1. The lowest BCUT2D eigenvalue weighted by Gasteiger charge is -2.50. The predicted molar refractivity (Wildman–Crippen MR) is 108 cm³/mol. The Labute approximate surface area is 169 Å². The molecule has 0 aliphatic heterocycles. The molecular formula is C25H20NO3-. The third kappa shape index (κ3) is 2.67. The van der Waals surface area contributed by atoms with Gasteiger partial charge in [-0.15, -0.1) is 0 Å². The van der Waals surface area contributed by atoms with Crippen LogP contribution in [0.4, 0.5) is 5.69 Å². The van der Waals surface area contributed by atoms with E-state index in [1.54, 1.807) is 0 Å². The first-order valence-corrected chi connectivity index (χ1v) is 9.82. The average Bonchev–Trinajstić information content (AvgIpc) is 2.74. The van der Waals surface area contributed by atoms with Crippen LogP contribution in [0.2, 0.25) is 0 Å². The molecule has 0 fully saturated rings. The molecule has 4 nitrogen and oxygen atoms in total. The number of carboxylic acids is 1. The Kier molecular flexibility index (Phi) is 4.02. The number of benzene rings is 3. The molecule has 2 bridgehead atoms. The maximum atomic E-state index is 13.4. The average molecular weight is 382 g/mol. The minimum absolute atomic E-state index is 0.276. The van der Waals surface area contributed by atoms with Crippen molar-refractivity contribution in [2.45, 2.75) is 18.8 Å². The van der Waals surface area contributed by atoms with Crippen LogP contribution in [0.1, 0.15) is 39.7 Å². The summed E-state index contributed by atoms with van der Waals surface area (Å²) in [6.45, 7) is 1.98. The smallest absolute Gasteiger partial charge is 0.229 e. The number of amides is 1. The Balaban J connectivity index is 1.64. The van der Waals surface area contributed by atoms with E-state index in [9.17, 15) is 14.7 Å². The highest BCUT2D eigenvalue weighted by molar-refractivity contribution is 5.97. The lowest BCUT2D eigenvalue weighted by Crippen LogP contribution is -2.52. The number of fused-ring (bicyclic) bond motifs is 1.